The normalized spacial score (nSPS) is 19.0. The highest BCUT2D eigenvalue weighted by atomic mass is 16.2. The van der Waals surface area contributed by atoms with E-state index in [1.807, 2.05) is 4.90 Å². The number of hydrogen-bond donors (Lipinski definition) is 2. The number of piperazine rings is 1. The van der Waals surface area contributed by atoms with Crippen molar-refractivity contribution in [3.8, 4) is 0 Å². The highest BCUT2D eigenvalue weighted by Gasteiger charge is 2.24. The Morgan fingerprint density at radius 3 is 2.33 bits per heavy atom. The first-order valence-corrected chi connectivity index (χ1v) is 8.99. The molecule has 0 radical (unpaired) electrons. The molecule has 1 heterocycles. The molecule has 0 saturated carbocycles. The molecule has 1 fully saturated rings. The number of nitrogens with zero attached hydrogens (tertiary/aromatic N) is 1. The van der Waals surface area contributed by atoms with Gasteiger partial charge in [0, 0.05) is 32.6 Å². The van der Waals surface area contributed by atoms with Gasteiger partial charge in [-0.05, 0) is 6.42 Å². The molecular weight excluding hydrogens is 262 g/mol. The van der Waals surface area contributed by atoms with Crippen LogP contribution in [-0.2, 0) is 4.79 Å². The molecular formula is C17H35N3O. The summed E-state index contributed by atoms with van der Waals surface area (Å²) in [6.07, 6.45) is 12.4. The monoisotopic (exact) mass is 297 g/mol. The van der Waals surface area contributed by atoms with Crippen molar-refractivity contribution in [2.24, 2.45) is 5.73 Å². The van der Waals surface area contributed by atoms with E-state index in [0.717, 1.165) is 26.1 Å². The fourth-order valence-corrected chi connectivity index (χ4v) is 3.03. The van der Waals surface area contributed by atoms with Crippen molar-refractivity contribution in [3.63, 3.8) is 0 Å². The van der Waals surface area contributed by atoms with E-state index in [1.165, 1.54) is 51.4 Å². The predicted octanol–water partition coefficient (Wildman–Crippen LogP) is 2.67. The molecule has 0 aromatic carbocycles. The van der Waals surface area contributed by atoms with E-state index in [1.54, 1.807) is 0 Å². The average molecular weight is 297 g/mol. The lowest BCUT2D eigenvalue weighted by atomic mass is 10.1. The molecule has 1 aliphatic heterocycles. The van der Waals surface area contributed by atoms with Crippen LogP contribution in [0.15, 0.2) is 0 Å². The predicted molar refractivity (Wildman–Crippen MR) is 89.3 cm³/mol. The van der Waals surface area contributed by atoms with Crippen molar-refractivity contribution in [2.45, 2.75) is 77.2 Å². The third-order valence-electron chi connectivity index (χ3n) is 4.44. The quantitative estimate of drug-likeness (QED) is 0.576. The largest absolute Gasteiger partial charge is 0.336 e. The Morgan fingerprint density at radius 2 is 1.71 bits per heavy atom. The fraction of sp³-hybridized carbons (Fsp3) is 0.941. The Balaban J connectivity index is 2.00. The molecule has 4 nitrogen and oxygen atoms in total. The first kappa shape index (κ1) is 18.4. The molecule has 1 aliphatic rings. The van der Waals surface area contributed by atoms with Crippen molar-refractivity contribution in [3.05, 3.63) is 0 Å². The van der Waals surface area contributed by atoms with Gasteiger partial charge in [0.15, 0.2) is 0 Å². The molecule has 0 aromatic heterocycles. The second-order valence-corrected chi connectivity index (χ2v) is 6.26. The van der Waals surface area contributed by atoms with Crippen molar-refractivity contribution in [1.29, 1.82) is 0 Å². The van der Waals surface area contributed by atoms with Gasteiger partial charge < -0.3 is 16.0 Å². The lowest BCUT2D eigenvalue weighted by Gasteiger charge is -2.35. The Kier molecular flexibility index (Phi) is 10.5. The Hall–Kier alpha value is -0.610. The van der Waals surface area contributed by atoms with Crippen LogP contribution in [0.2, 0.25) is 0 Å². The number of rotatable bonds is 11. The van der Waals surface area contributed by atoms with Crippen molar-refractivity contribution >= 4 is 5.91 Å². The van der Waals surface area contributed by atoms with Gasteiger partial charge >= 0.3 is 0 Å². The number of amides is 1. The zero-order valence-corrected chi connectivity index (χ0v) is 13.9. The summed E-state index contributed by atoms with van der Waals surface area (Å²) in [5.74, 6) is 0.301. The van der Waals surface area contributed by atoms with E-state index >= 15 is 0 Å². The number of carbonyl (C=O) groups excluding carboxylic acids is 1. The van der Waals surface area contributed by atoms with Crippen LogP contribution in [0.25, 0.3) is 0 Å². The summed E-state index contributed by atoms with van der Waals surface area (Å²) in [5.41, 5.74) is 5.74. The van der Waals surface area contributed by atoms with Gasteiger partial charge in [-0.3, -0.25) is 4.79 Å². The fourth-order valence-electron chi connectivity index (χ4n) is 3.03. The van der Waals surface area contributed by atoms with E-state index in [4.69, 9.17) is 5.73 Å². The van der Waals surface area contributed by atoms with Crippen LogP contribution >= 0.6 is 0 Å². The number of unbranched alkanes of at least 4 members (excludes halogenated alkanes) is 8. The molecule has 0 aromatic rings. The Labute approximate surface area is 130 Å². The highest BCUT2D eigenvalue weighted by molar-refractivity contribution is 5.76. The lowest BCUT2D eigenvalue weighted by molar-refractivity contribution is -0.134. The van der Waals surface area contributed by atoms with Crippen LogP contribution in [0.1, 0.15) is 71.1 Å². The molecule has 1 unspecified atom stereocenters. The molecule has 0 spiro atoms. The smallest absolute Gasteiger partial charge is 0.222 e. The van der Waals surface area contributed by atoms with E-state index < -0.39 is 0 Å². The minimum Gasteiger partial charge on any atom is -0.336 e. The summed E-state index contributed by atoms with van der Waals surface area (Å²) in [6.45, 7) is 5.39. The van der Waals surface area contributed by atoms with Gasteiger partial charge in [-0.1, -0.05) is 58.3 Å². The molecule has 1 rings (SSSR count). The van der Waals surface area contributed by atoms with Crippen LogP contribution in [0.5, 0.6) is 0 Å². The molecule has 21 heavy (non-hydrogen) atoms. The standard InChI is InChI=1S/C17H35N3O/c1-2-3-4-5-6-7-8-9-10-11-17(21)20-13-12-19-15-16(20)14-18/h16,19H,2-15,18H2,1H3. The maximum absolute atomic E-state index is 12.2. The maximum atomic E-state index is 12.2. The minimum atomic E-state index is 0.199. The molecule has 1 saturated heterocycles. The highest BCUT2D eigenvalue weighted by Crippen LogP contribution is 2.12. The van der Waals surface area contributed by atoms with Crippen molar-refractivity contribution < 1.29 is 4.79 Å². The molecule has 3 N–H and O–H groups in total. The topological polar surface area (TPSA) is 58.4 Å². The van der Waals surface area contributed by atoms with Gasteiger partial charge in [0.1, 0.15) is 0 Å². The third kappa shape index (κ3) is 7.82. The zero-order chi connectivity index (χ0) is 15.3. The first-order valence-electron chi connectivity index (χ1n) is 8.99. The molecule has 4 heteroatoms. The minimum absolute atomic E-state index is 0.199. The number of nitrogens with one attached hydrogen (secondary N) is 1. The summed E-state index contributed by atoms with van der Waals surface area (Å²) >= 11 is 0. The van der Waals surface area contributed by atoms with Gasteiger partial charge in [0.25, 0.3) is 0 Å². The number of nitrogens with two attached hydrogens (primary N) is 1. The van der Waals surface area contributed by atoms with Crippen LogP contribution in [0.3, 0.4) is 0 Å². The van der Waals surface area contributed by atoms with Crippen LogP contribution in [0, 0.1) is 0 Å². The van der Waals surface area contributed by atoms with Gasteiger partial charge in [0.2, 0.25) is 5.91 Å². The van der Waals surface area contributed by atoms with Gasteiger partial charge in [-0.2, -0.15) is 0 Å². The summed E-state index contributed by atoms with van der Waals surface area (Å²) in [7, 11) is 0. The summed E-state index contributed by atoms with van der Waals surface area (Å²) in [4.78, 5) is 14.2. The van der Waals surface area contributed by atoms with Gasteiger partial charge in [0.05, 0.1) is 6.04 Å². The Bertz CT molecular complexity index is 271. The third-order valence-corrected chi connectivity index (χ3v) is 4.44. The second-order valence-electron chi connectivity index (χ2n) is 6.26. The average Bonchev–Trinajstić information content (AvgIpc) is 2.53. The summed E-state index contributed by atoms with van der Waals surface area (Å²) in [5, 5.41) is 3.30. The number of hydrogen-bond acceptors (Lipinski definition) is 3. The van der Waals surface area contributed by atoms with Crippen molar-refractivity contribution in [1.82, 2.24) is 10.2 Å². The SMILES string of the molecule is CCCCCCCCCCCC(=O)N1CCNCC1CN. The van der Waals surface area contributed by atoms with Crippen LogP contribution in [-0.4, -0.2) is 43.0 Å². The molecule has 124 valence electrons. The maximum Gasteiger partial charge on any atom is 0.222 e. The molecule has 0 bridgehead atoms. The number of carbonyl (C=O) groups is 1. The summed E-state index contributed by atoms with van der Waals surface area (Å²) in [6, 6.07) is 0.199. The van der Waals surface area contributed by atoms with Crippen LogP contribution < -0.4 is 11.1 Å². The second kappa shape index (κ2) is 12.0. The van der Waals surface area contributed by atoms with Crippen molar-refractivity contribution in [2.75, 3.05) is 26.2 Å². The lowest BCUT2D eigenvalue weighted by Crippen LogP contribution is -2.56. The zero-order valence-electron chi connectivity index (χ0n) is 13.9. The Morgan fingerprint density at radius 1 is 1.10 bits per heavy atom. The molecule has 0 aliphatic carbocycles. The summed E-state index contributed by atoms with van der Waals surface area (Å²) < 4.78 is 0. The molecule has 1 atom stereocenters. The molecule has 1 amide bonds. The first-order chi connectivity index (χ1) is 10.3. The van der Waals surface area contributed by atoms with E-state index in [9.17, 15) is 4.79 Å². The van der Waals surface area contributed by atoms with E-state index in [2.05, 4.69) is 12.2 Å². The van der Waals surface area contributed by atoms with Crippen LogP contribution in [0.4, 0.5) is 0 Å². The van der Waals surface area contributed by atoms with E-state index in [0.29, 0.717) is 18.9 Å². The van der Waals surface area contributed by atoms with E-state index in [-0.39, 0.29) is 6.04 Å². The van der Waals surface area contributed by atoms with Gasteiger partial charge in [-0.15, -0.1) is 0 Å². The van der Waals surface area contributed by atoms with Gasteiger partial charge in [-0.25, -0.2) is 0 Å².